The van der Waals surface area contributed by atoms with Gasteiger partial charge in [0.1, 0.15) is 0 Å². The minimum atomic E-state index is 0.188. The van der Waals surface area contributed by atoms with E-state index in [9.17, 15) is 4.79 Å². The molecule has 2 aliphatic rings. The molecule has 0 radical (unpaired) electrons. The molecule has 0 saturated carbocycles. The third-order valence-corrected chi connectivity index (χ3v) is 4.44. The van der Waals surface area contributed by atoms with E-state index in [1.165, 1.54) is 22.4 Å². The van der Waals surface area contributed by atoms with Crippen molar-refractivity contribution in [3.8, 4) is 0 Å². The van der Waals surface area contributed by atoms with Crippen LogP contribution in [0.4, 0.5) is 0 Å². The maximum absolute atomic E-state index is 11.6. The summed E-state index contributed by atoms with van der Waals surface area (Å²) in [4.78, 5) is 14.1. The molecule has 0 bridgehead atoms. The van der Waals surface area contributed by atoms with Crippen molar-refractivity contribution in [3.63, 3.8) is 0 Å². The van der Waals surface area contributed by atoms with Gasteiger partial charge in [0.2, 0.25) is 0 Å². The van der Waals surface area contributed by atoms with Crippen molar-refractivity contribution in [2.24, 2.45) is 0 Å². The molecule has 3 rings (SSSR count). The van der Waals surface area contributed by atoms with E-state index in [0.29, 0.717) is 6.42 Å². The molecule has 0 spiro atoms. The molecule has 3 nitrogen and oxygen atoms in total. The van der Waals surface area contributed by atoms with E-state index >= 15 is 0 Å². The normalized spacial score (nSPS) is 18.7. The second kappa shape index (κ2) is 6.93. The quantitative estimate of drug-likeness (QED) is 0.800. The van der Waals surface area contributed by atoms with Gasteiger partial charge in [-0.3, -0.25) is 4.79 Å². The van der Waals surface area contributed by atoms with Crippen molar-refractivity contribution < 1.29 is 9.53 Å². The van der Waals surface area contributed by atoms with Crippen LogP contribution in [0.3, 0.4) is 0 Å². The predicted molar refractivity (Wildman–Crippen MR) is 87.7 cm³/mol. The number of hydrogen-bond acceptors (Lipinski definition) is 3. The number of carbonyl (C=O) groups excluding carboxylic acids is 1. The number of carbonyl (C=O) groups is 1. The molecule has 1 fully saturated rings. The van der Waals surface area contributed by atoms with Crippen molar-refractivity contribution in [2.75, 3.05) is 26.3 Å². The van der Waals surface area contributed by atoms with Gasteiger partial charge in [0.05, 0.1) is 13.2 Å². The highest BCUT2D eigenvalue weighted by Crippen LogP contribution is 2.29. The smallest absolute Gasteiger partial charge is 0.155 e. The molecule has 1 heterocycles. The molecule has 116 valence electrons. The van der Waals surface area contributed by atoms with Gasteiger partial charge in [0.25, 0.3) is 0 Å². The number of allylic oxidation sites excluding steroid dienone is 4. The molecule has 1 aliphatic carbocycles. The van der Waals surface area contributed by atoms with Gasteiger partial charge in [0, 0.05) is 31.6 Å². The van der Waals surface area contributed by atoms with Crippen LogP contribution in [0.2, 0.25) is 0 Å². The van der Waals surface area contributed by atoms with E-state index in [1.54, 1.807) is 6.08 Å². The molecule has 0 N–H and O–H groups in total. The standard InChI is InChI=1S/C19H23NO2/c1-2-18(21)8-7-17-13-15-5-3-4-6-16(15)14-19(17)20-9-11-22-12-10-20/h3-8H,2,9-14H2,1H3/b8-7-. The van der Waals surface area contributed by atoms with Gasteiger partial charge in [-0.25, -0.2) is 0 Å². The summed E-state index contributed by atoms with van der Waals surface area (Å²) in [6, 6.07) is 8.61. The molecule has 0 amide bonds. The lowest BCUT2D eigenvalue weighted by Gasteiger charge is -2.35. The number of rotatable bonds is 4. The highest BCUT2D eigenvalue weighted by Gasteiger charge is 2.22. The number of fused-ring (bicyclic) bond motifs is 1. The topological polar surface area (TPSA) is 29.5 Å². The summed E-state index contributed by atoms with van der Waals surface area (Å²) >= 11 is 0. The van der Waals surface area contributed by atoms with Crippen LogP contribution in [0.5, 0.6) is 0 Å². The van der Waals surface area contributed by atoms with Crippen LogP contribution in [-0.2, 0) is 22.4 Å². The van der Waals surface area contributed by atoms with Gasteiger partial charge in [-0.1, -0.05) is 37.3 Å². The largest absolute Gasteiger partial charge is 0.378 e. The van der Waals surface area contributed by atoms with E-state index in [4.69, 9.17) is 4.74 Å². The lowest BCUT2D eigenvalue weighted by molar-refractivity contribution is -0.114. The third kappa shape index (κ3) is 3.30. The second-order valence-electron chi connectivity index (χ2n) is 5.85. The Balaban J connectivity index is 1.91. The summed E-state index contributed by atoms with van der Waals surface area (Å²) in [5, 5.41) is 0. The Hall–Kier alpha value is -1.87. The zero-order valence-electron chi connectivity index (χ0n) is 13.2. The molecular weight excluding hydrogens is 274 g/mol. The summed E-state index contributed by atoms with van der Waals surface area (Å²) in [6.45, 7) is 5.36. The molecule has 3 heteroatoms. The number of ketones is 1. The van der Waals surface area contributed by atoms with Gasteiger partial charge < -0.3 is 9.64 Å². The summed E-state index contributed by atoms with van der Waals surface area (Å²) in [5.74, 6) is 0.188. The molecule has 0 atom stereocenters. The Morgan fingerprint density at radius 1 is 1.18 bits per heavy atom. The lowest BCUT2D eigenvalue weighted by Crippen LogP contribution is -2.37. The van der Waals surface area contributed by atoms with E-state index in [2.05, 4.69) is 29.2 Å². The molecule has 22 heavy (non-hydrogen) atoms. The highest BCUT2D eigenvalue weighted by molar-refractivity contribution is 5.89. The fourth-order valence-corrected chi connectivity index (χ4v) is 3.12. The Labute approximate surface area is 132 Å². The van der Waals surface area contributed by atoms with Gasteiger partial charge in [-0.2, -0.15) is 0 Å². The Bertz CT molecular complexity index is 610. The zero-order valence-corrected chi connectivity index (χ0v) is 13.2. The average Bonchev–Trinajstić information content (AvgIpc) is 2.59. The van der Waals surface area contributed by atoms with Crippen LogP contribution in [0.1, 0.15) is 24.5 Å². The van der Waals surface area contributed by atoms with Crippen molar-refractivity contribution >= 4 is 5.78 Å². The van der Waals surface area contributed by atoms with E-state index < -0.39 is 0 Å². The average molecular weight is 297 g/mol. The molecule has 1 saturated heterocycles. The highest BCUT2D eigenvalue weighted by atomic mass is 16.5. The lowest BCUT2D eigenvalue weighted by atomic mass is 9.88. The fourth-order valence-electron chi connectivity index (χ4n) is 3.12. The summed E-state index contributed by atoms with van der Waals surface area (Å²) in [5.41, 5.74) is 5.43. The summed E-state index contributed by atoms with van der Waals surface area (Å²) in [6.07, 6.45) is 6.20. The number of morpholine rings is 1. The third-order valence-electron chi connectivity index (χ3n) is 4.44. The van der Waals surface area contributed by atoms with Gasteiger partial charge in [-0.05, 0) is 29.2 Å². The van der Waals surface area contributed by atoms with Crippen LogP contribution in [0.15, 0.2) is 47.7 Å². The second-order valence-corrected chi connectivity index (χ2v) is 5.85. The predicted octanol–water partition coefficient (Wildman–Crippen LogP) is 2.91. The number of nitrogens with zero attached hydrogens (tertiary/aromatic N) is 1. The molecular formula is C19H23NO2. The van der Waals surface area contributed by atoms with Gasteiger partial charge >= 0.3 is 0 Å². The first kappa shape index (κ1) is 15.0. The monoisotopic (exact) mass is 297 g/mol. The van der Waals surface area contributed by atoms with Crippen LogP contribution in [0.25, 0.3) is 0 Å². The van der Waals surface area contributed by atoms with Crippen molar-refractivity contribution in [3.05, 3.63) is 58.8 Å². The molecule has 0 unspecified atom stereocenters. The van der Waals surface area contributed by atoms with Crippen molar-refractivity contribution in [1.82, 2.24) is 4.90 Å². The minimum Gasteiger partial charge on any atom is -0.378 e. The van der Waals surface area contributed by atoms with Crippen LogP contribution in [-0.4, -0.2) is 37.0 Å². The molecule has 1 aromatic carbocycles. The van der Waals surface area contributed by atoms with Crippen LogP contribution in [0, 0.1) is 0 Å². The summed E-state index contributed by atoms with van der Waals surface area (Å²) in [7, 11) is 0. The Morgan fingerprint density at radius 3 is 2.55 bits per heavy atom. The molecule has 1 aliphatic heterocycles. The van der Waals surface area contributed by atoms with Crippen LogP contribution < -0.4 is 0 Å². The maximum atomic E-state index is 11.6. The number of benzene rings is 1. The van der Waals surface area contributed by atoms with Crippen molar-refractivity contribution in [1.29, 1.82) is 0 Å². The number of hydrogen-bond donors (Lipinski definition) is 0. The van der Waals surface area contributed by atoms with E-state index in [1.807, 2.05) is 13.0 Å². The first-order valence-corrected chi connectivity index (χ1v) is 8.10. The first-order chi connectivity index (χ1) is 10.8. The number of ether oxygens (including phenoxy) is 1. The maximum Gasteiger partial charge on any atom is 0.155 e. The minimum absolute atomic E-state index is 0.188. The molecule has 0 aromatic heterocycles. The van der Waals surface area contributed by atoms with Gasteiger partial charge in [-0.15, -0.1) is 0 Å². The van der Waals surface area contributed by atoms with Crippen LogP contribution >= 0.6 is 0 Å². The first-order valence-electron chi connectivity index (χ1n) is 8.10. The van der Waals surface area contributed by atoms with E-state index in [-0.39, 0.29) is 5.78 Å². The summed E-state index contributed by atoms with van der Waals surface area (Å²) < 4.78 is 5.47. The van der Waals surface area contributed by atoms with Crippen molar-refractivity contribution in [2.45, 2.75) is 26.2 Å². The zero-order chi connectivity index (χ0) is 15.4. The van der Waals surface area contributed by atoms with Gasteiger partial charge in [0.15, 0.2) is 5.78 Å². The van der Waals surface area contributed by atoms with E-state index in [0.717, 1.165) is 39.1 Å². The fraction of sp³-hybridized carbons (Fsp3) is 0.421. The Morgan fingerprint density at radius 2 is 1.86 bits per heavy atom. The molecule has 1 aromatic rings. The Kier molecular flexibility index (Phi) is 4.74. The SMILES string of the molecule is CCC(=O)/C=C\C1=C(N2CCOCC2)Cc2ccccc2C1.